The number of aliphatic imine (C=N–C) groups is 1. The summed E-state index contributed by atoms with van der Waals surface area (Å²) in [5.74, 6) is 1.58. The van der Waals surface area contributed by atoms with Gasteiger partial charge in [0.25, 0.3) is 0 Å². The van der Waals surface area contributed by atoms with E-state index >= 15 is 0 Å². The molecular weight excluding hydrogens is 370 g/mol. The van der Waals surface area contributed by atoms with Gasteiger partial charge < -0.3 is 15.4 Å². The molecule has 2 heterocycles. The predicted octanol–water partition coefficient (Wildman–Crippen LogP) is 3.60. The van der Waals surface area contributed by atoms with Gasteiger partial charge in [0, 0.05) is 24.7 Å². The van der Waals surface area contributed by atoms with Gasteiger partial charge in [-0.1, -0.05) is 18.2 Å². The summed E-state index contributed by atoms with van der Waals surface area (Å²) in [4.78, 5) is 14.3. The first-order valence-corrected chi connectivity index (χ1v) is 9.95. The fraction of sp³-hybridized carbons (Fsp3) is 0.286. The molecule has 3 rings (SSSR count). The summed E-state index contributed by atoms with van der Waals surface area (Å²) in [6, 6.07) is 13.8. The van der Waals surface area contributed by atoms with Gasteiger partial charge in [-0.25, -0.2) is 4.98 Å². The Hall–Kier alpha value is -2.93. The lowest BCUT2D eigenvalue weighted by Gasteiger charge is -2.11. The van der Waals surface area contributed by atoms with Crippen molar-refractivity contribution in [3.05, 3.63) is 75.5 Å². The van der Waals surface area contributed by atoms with E-state index < -0.39 is 0 Å². The van der Waals surface area contributed by atoms with Crippen molar-refractivity contribution in [3.63, 3.8) is 0 Å². The number of hydrogen-bond acceptors (Lipinski definition) is 5. The molecule has 2 N–H and O–H groups in total. The van der Waals surface area contributed by atoms with E-state index in [1.807, 2.05) is 49.4 Å². The zero-order valence-electron chi connectivity index (χ0n) is 16.4. The van der Waals surface area contributed by atoms with Gasteiger partial charge >= 0.3 is 0 Å². The molecule has 0 unspecified atom stereocenters. The SMILES string of the molecule is CN=C(NCc1ccc(OCc2ccccn2)cc1)NCc1nc(C)c(C)s1. The molecule has 0 atom stereocenters. The van der Waals surface area contributed by atoms with Gasteiger partial charge in [0.15, 0.2) is 5.96 Å². The third-order valence-electron chi connectivity index (χ3n) is 4.20. The van der Waals surface area contributed by atoms with Crippen molar-refractivity contribution in [3.8, 4) is 5.75 Å². The Balaban J connectivity index is 1.45. The molecule has 28 heavy (non-hydrogen) atoms. The third-order valence-corrected chi connectivity index (χ3v) is 5.27. The van der Waals surface area contributed by atoms with Crippen LogP contribution in [0.4, 0.5) is 0 Å². The first-order chi connectivity index (χ1) is 13.6. The predicted molar refractivity (Wildman–Crippen MR) is 114 cm³/mol. The zero-order chi connectivity index (χ0) is 19.8. The van der Waals surface area contributed by atoms with E-state index in [2.05, 4.69) is 32.5 Å². The molecule has 3 aromatic rings. The minimum atomic E-state index is 0.463. The van der Waals surface area contributed by atoms with E-state index in [-0.39, 0.29) is 0 Å². The average Bonchev–Trinajstić information content (AvgIpc) is 3.05. The van der Waals surface area contributed by atoms with Crippen LogP contribution in [-0.2, 0) is 19.7 Å². The number of ether oxygens (including phenoxy) is 1. The number of thiazole rings is 1. The molecule has 0 fully saturated rings. The molecule has 146 valence electrons. The van der Waals surface area contributed by atoms with Gasteiger partial charge in [-0.2, -0.15) is 0 Å². The lowest BCUT2D eigenvalue weighted by atomic mass is 10.2. The van der Waals surface area contributed by atoms with E-state index in [0.29, 0.717) is 19.7 Å². The van der Waals surface area contributed by atoms with Crippen LogP contribution in [0, 0.1) is 13.8 Å². The summed E-state index contributed by atoms with van der Waals surface area (Å²) in [5, 5.41) is 7.68. The molecule has 1 aromatic carbocycles. The van der Waals surface area contributed by atoms with Gasteiger partial charge in [0.05, 0.1) is 17.9 Å². The van der Waals surface area contributed by atoms with Gasteiger partial charge in [-0.15, -0.1) is 11.3 Å². The van der Waals surface area contributed by atoms with Gasteiger partial charge in [0.1, 0.15) is 17.4 Å². The molecule has 0 saturated heterocycles. The number of hydrogen-bond donors (Lipinski definition) is 2. The Kier molecular flexibility index (Phi) is 6.97. The van der Waals surface area contributed by atoms with Gasteiger partial charge in [0.2, 0.25) is 0 Å². The number of aromatic nitrogens is 2. The van der Waals surface area contributed by atoms with E-state index in [4.69, 9.17) is 4.74 Å². The molecule has 0 aliphatic heterocycles. The molecule has 0 aliphatic carbocycles. The van der Waals surface area contributed by atoms with Crippen LogP contribution in [0.1, 0.15) is 26.8 Å². The lowest BCUT2D eigenvalue weighted by molar-refractivity contribution is 0.301. The Morgan fingerprint density at radius 3 is 2.50 bits per heavy atom. The monoisotopic (exact) mass is 395 g/mol. The second kappa shape index (κ2) is 9.85. The standard InChI is InChI=1S/C21H25N5OS/c1-15-16(2)28-20(26-15)13-25-21(22-3)24-12-17-7-9-19(10-8-17)27-14-18-6-4-5-11-23-18/h4-11H,12-14H2,1-3H3,(H2,22,24,25). The number of aryl methyl sites for hydroxylation is 2. The van der Waals surface area contributed by atoms with E-state index in [1.54, 1.807) is 24.6 Å². The van der Waals surface area contributed by atoms with E-state index in [9.17, 15) is 0 Å². The fourth-order valence-corrected chi connectivity index (χ4v) is 3.40. The molecule has 0 amide bonds. The normalized spacial score (nSPS) is 11.3. The molecule has 0 bridgehead atoms. The van der Waals surface area contributed by atoms with Crippen molar-refractivity contribution in [2.45, 2.75) is 33.5 Å². The minimum absolute atomic E-state index is 0.463. The van der Waals surface area contributed by atoms with Crippen molar-refractivity contribution in [1.82, 2.24) is 20.6 Å². The molecule has 0 radical (unpaired) electrons. The van der Waals surface area contributed by atoms with Gasteiger partial charge in [-0.05, 0) is 43.7 Å². The number of pyridine rings is 1. The fourth-order valence-electron chi connectivity index (χ4n) is 2.52. The Bertz CT molecular complexity index is 887. The average molecular weight is 396 g/mol. The number of nitrogens with zero attached hydrogens (tertiary/aromatic N) is 3. The number of rotatable bonds is 7. The molecule has 0 saturated carbocycles. The van der Waals surface area contributed by atoms with Crippen LogP contribution in [0.15, 0.2) is 53.7 Å². The van der Waals surface area contributed by atoms with Crippen molar-refractivity contribution in [2.24, 2.45) is 4.99 Å². The third kappa shape index (κ3) is 5.79. The number of benzene rings is 1. The largest absolute Gasteiger partial charge is 0.487 e. The Morgan fingerprint density at radius 2 is 1.86 bits per heavy atom. The lowest BCUT2D eigenvalue weighted by Crippen LogP contribution is -2.36. The molecule has 6 nitrogen and oxygen atoms in total. The molecule has 2 aromatic heterocycles. The first kappa shape index (κ1) is 19.8. The summed E-state index contributed by atoms with van der Waals surface area (Å²) < 4.78 is 5.77. The van der Waals surface area contributed by atoms with Crippen LogP contribution in [0.5, 0.6) is 5.75 Å². The van der Waals surface area contributed by atoms with Gasteiger partial charge in [-0.3, -0.25) is 9.98 Å². The van der Waals surface area contributed by atoms with Crippen molar-refractivity contribution in [1.29, 1.82) is 0 Å². The highest BCUT2D eigenvalue weighted by Gasteiger charge is 2.05. The minimum Gasteiger partial charge on any atom is -0.487 e. The second-order valence-electron chi connectivity index (χ2n) is 6.28. The van der Waals surface area contributed by atoms with Crippen LogP contribution < -0.4 is 15.4 Å². The van der Waals surface area contributed by atoms with Crippen LogP contribution in [0.2, 0.25) is 0 Å². The molecule has 7 heteroatoms. The topological polar surface area (TPSA) is 71.4 Å². The van der Waals surface area contributed by atoms with Crippen LogP contribution >= 0.6 is 11.3 Å². The Labute approximate surface area is 169 Å². The Morgan fingerprint density at radius 1 is 1.07 bits per heavy atom. The second-order valence-corrected chi connectivity index (χ2v) is 7.57. The smallest absolute Gasteiger partial charge is 0.191 e. The van der Waals surface area contributed by atoms with Crippen molar-refractivity contribution < 1.29 is 4.74 Å². The number of guanidine groups is 1. The van der Waals surface area contributed by atoms with Crippen LogP contribution in [0.25, 0.3) is 0 Å². The maximum Gasteiger partial charge on any atom is 0.191 e. The maximum absolute atomic E-state index is 5.77. The highest BCUT2D eigenvalue weighted by molar-refractivity contribution is 7.11. The first-order valence-electron chi connectivity index (χ1n) is 9.13. The molecule has 0 aliphatic rings. The summed E-state index contributed by atoms with van der Waals surface area (Å²) in [6.45, 7) is 5.93. The highest BCUT2D eigenvalue weighted by Crippen LogP contribution is 2.16. The summed E-state index contributed by atoms with van der Waals surface area (Å²) in [6.07, 6.45) is 1.77. The summed E-state index contributed by atoms with van der Waals surface area (Å²) >= 11 is 1.71. The van der Waals surface area contributed by atoms with E-state index in [1.165, 1.54) is 4.88 Å². The summed E-state index contributed by atoms with van der Waals surface area (Å²) in [7, 11) is 1.77. The quantitative estimate of drug-likeness (QED) is 0.472. The molecule has 0 spiro atoms. The van der Waals surface area contributed by atoms with Crippen molar-refractivity contribution in [2.75, 3.05) is 7.05 Å². The van der Waals surface area contributed by atoms with Crippen molar-refractivity contribution >= 4 is 17.3 Å². The number of nitrogens with one attached hydrogen (secondary N) is 2. The molecular formula is C21H25N5OS. The highest BCUT2D eigenvalue weighted by atomic mass is 32.1. The van der Waals surface area contributed by atoms with E-state index in [0.717, 1.165) is 33.7 Å². The van der Waals surface area contributed by atoms with Crippen LogP contribution in [-0.4, -0.2) is 23.0 Å². The van der Waals surface area contributed by atoms with Crippen LogP contribution in [0.3, 0.4) is 0 Å². The summed E-state index contributed by atoms with van der Waals surface area (Å²) in [5.41, 5.74) is 3.15. The zero-order valence-corrected chi connectivity index (χ0v) is 17.2. The maximum atomic E-state index is 5.77.